The predicted molar refractivity (Wildman–Crippen MR) is 119 cm³/mol. The Balaban J connectivity index is 1.84. The summed E-state index contributed by atoms with van der Waals surface area (Å²) in [5.74, 6) is -0.335. The van der Waals surface area contributed by atoms with Gasteiger partial charge in [-0.2, -0.15) is 0 Å². The molecule has 1 aliphatic rings. The highest BCUT2D eigenvalue weighted by molar-refractivity contribution is 5.99. The van der Waals surface area contributed by atoms with Gasteiger partial charge >= 0.3 is 0 Å². The van der Waals surface area contributed by atoms with Crippen LogP contribution in [-0.2, 0) is 0 Å². The number of amides is 2. The molecule has 1 saturated carbocycles. The van der Waals surface area contributed by atoms with E-state index in [1.807, 2.05) is 13.8 Å². The average Bonchev–Trinajstić information content (AvgIpc) is 3.24. The normalized spacial score (nSPS) is 16.4. The van der Waals surface area contributed by atoms with Crippen LogP contribution in [0.2, 0.25) is 0 Å². The van der Waals surface area contributed by atoms with E-state index in [0.29, 0.717) is 5.76 Å². The minimum Gasteiger partial charge on any atom is -0.467 e. The van der Waals surface area contributed by atoms with Crippen LogP contribution < -0.4 is 16.1 Å². The Morgan fingerprint density at radius 3 is 2.19 bits per heavy atom. The van der Waals surface area contributed by atoms with Crippen molar-refractivity contribution in [1.82, 2.24) is 15.2 Å². The molecular weight excluding hydrogens is 394 g/mol. The number of rotatable bonds is 6. The van der Waals surface area contributed by atoms with Gasteiger partial charge in [0.1, 0.15) is 16.9 Å². The molecule has 0 radical (unpaired) electrons. The fraction of sp³-hybridized carbons (Fsp3) is 0.542. The Morgan fingerprint density at radius 2 is 1.61 bits per heavy atom. The van der Waals surface area contributed by atoms with Crippen LogP contribution in [0.4, 0.5) is 0 Å². The molecule has 0 aromatic carbocycles. The molecule has 0 spiro atoms. The van der Waals surface area contributed by atoms with Gasteiger partial charge in [-0.3, -0.25) is 14.4 Å². The number of carbonyl (C=O) groups excluding carboxylic acids is 2. The molecule has 1 atom stereocenters. The van der Waals surface area contributed by atoms with Crippen LogP contribution >= 0.6 is 0 Å². The van der Waals surface area contributed by atoms with E-state index in [4.69, 9.17) is 4.42 Å². The van der Waals surface area contributed by atoms with Crippen molar-refractivity contribution in [1.29, 1.82) is 0 Å². The van der Waals surface area contributed by atoms with Gasteiger partial charge in [-0.15, -0.1) is 0 Å². The molecule has 7 heteroatoms. The molecule has 2 N–H and O–H groups in total. The van der Waals surface area contributed by atoms with E-state index >= 15 is 0 Å². The number of furan rings is 1. The van der Waals surface area contributed by atoms with Crippen LogP contribution in [0.5, 0.6) is 0 Å². The topological polar surface area (TPSA) is 93.3 Å². The molecule has 3 rings (SSSR count). The first kappa shape index (κ1) is 22.8. The molecule has 7 nitrogen and oxygen atoms in total. The Labute approximate surface area is 183 Å². The van der Waals surface area contributed by atoms with Crippen molar-refractivity contribution in [2.45, 2.75) is 83.8 Å². The van der Waals surface area contributed by atoms with Crippen molar-refractivity contribution in [3.8, 4) is 0 Å². The van der Waals surface area contributed by atoms with E-state index in [2.05, 4.69) is 10.6 Å². The molecule has 0 saturated heterocycles. The number of hydrogen-bond donors (Lipinski definition) is 2. The highest BCUT2D eigenvalue weighted by atomic mass is 16.3. The van der Waals surface area contributed by atoms with Crippen molar-refractivity contribution in [3.63, 3.8) is 0 Å². The lowest BCUT2D eigenvalue weighted by atomic mass is 9.96. The minimum absolute atomic E-state index is 0.00839. The number of aromatic nitrogens is 1. The molecule has 168 valence electrons. The van der Waals surface area contributed by atoms with Crippen molar-refractivity contribution in [2.75, 3.05) is 0 Å². The summed E-state index contributed by atoms with van der Waals surface area (Å²) in [7, 11) is 0. The van der Waals surface area contributed by atoms with Crippen molar-refractivity contribution in [2.24, 2.45) is 0 Å². The van der Waals surface area contributed by atoms with Gasteiger partial charge in [0, 0.05) is 24.5 Å². The van der Waals surface area contributed by atoms with Gasteiger partial charge < -0.3 is 19.6 Å². The van der Waals surface area contributed by atoms with Crippen molar-refractivity contribution in [3.05, 3.63) is 57.9 Å². The zero-order valence-electron chi connectivity index (χ0n) is 18.6. The van der Waals surface area contributed by atoms with E-state index in [0.717, 1.165) is 25.7 Å². The van der Waals surface area contributed by atoms with Gasteiger partial charge in [0.2, 0.25) is 5.43 Å². The van der Waals surface area contributed by atoms with Gasteiger partial charge in [0.25, 0.3) is 11.8 Å². The standard InChI is InChI=1S/C24H33N3O4/c1-16(2)27-14-19(23(29)25-17(3)21-12-9-13-31-21)22(28)20(15-27)24(30)26-18-10-7-5-4-6-8-11-18/h9,12-18H,4-8,10-11H2,1-3H3,(H,25,29)(H,26,30)/t17-/m1/s1. The molecule has 2 aromatic heterocycles. The highest BCUT2D eigenvalue weighted by Gasteiger charge is 2.23. The number of nitrogens with zero attached hydrogens (tertiary/aromatic N) is 1. The summed E-state index contributed by atoms with van der Waals surface area (Å²) in [6.45, 7) is 5.66. The first-order valence-electron chi connectivity index (χ1n) is 11.3. The average molecular weight is 428 g/mol. The van der Waals surface area contributed by atoms with Crippen LogP contribution in [0.1, 0.15) is 104 Å². The fourth-order valence-corrected chi connectivity index (χ4v) is 3.97. The molecule has 0 aliphatic heterocycles. The SMILES string of the molecule is CC(C)n1cc(C(=O)NC2CCCCCCC2)c(=O)c(C(=O)N[C@H](C)c2ccco2)c1. The van der Waals surface area contributed by atoms with Crippen LogP contribution in [0, 0.1) is 0 Å². The van der Waals surface area contributed by atoms with Gasteiger partial charge in [-0.05, 0) is 45.7 Å². The first-order chi connectivity index (χ1) is 14.9. The third-order valence-corrected chi connectivity index (χ3v) is 5.89. The molecule has 0 bridgehead atoms. The van der Waals surface area contributed by atoms with Gasteiger partial charge in [-0.1, -0.05) is 32.1 Å². The largest absolute Gasteiger partial charge is 0.467 e. The van der Waals surface area contributed by atoms with E-state index in [-0.39, 0.29) is 23.2 Å². The summed E-state index contributed by atoms with van der Waals surface area (Å²) in [5.41, 5.74) is -0.587. The lowest BCUT2D eigenvalue weighted by Gasteiger charge is -2.22. The highest BCUT2D eigenvalue weighted by Crippen LogP contribution is 2.18. The summed E-state index contributed by atoms with van der Waals surface area (Å²) >= 11 is 0. The molecule has 2 aromatic rings. The molecule has 1 fully saturated rings. The minimum atomic E-state index is -0.551. The van der Waals surface area contributed by atoms with E-state index in [9.17, 15) is 14.4 Å². The monoisotopic (exact) mass is 427 g/mol. The maximum absolute atomic E-state index is 13.1. The Hall–Kier alpha value is -2.83. The summed E-state index contributed by atoms with van der Waals surface area (Å²) in [4.78, 5) is 39.0. The third-order valence-electron chi connectivity index (χ3n) is 5.89. The fourth-order valence-electron chi connectivity index (χ4n) is 3.97. The van der Waals surface area contributed by atoms with Crippen molar-refractivity contribution >= 4 is 11.8 Å². The maximum atomic E-state index is 13.1. The molecule has 0 unspecified atom stereocenters. The van der Waals surface area contributed by atoms with Crippen LogP contribution in [0.3, 0.4) is 0 Å². The molecule has 1 aliphatic carbocycles. The van der Waals surface area contributed by atoms with Crippen molar-refractivity contribution < 1.29 is 14.0 Å². The first-order valence-corrected chi connectivity index (χ1v) is 11.3. The summed E-state index contributed by atoms with van der Waals surface area (Å²) < 4.78 is 7.06. The number of pyridine rings is 1. The third kappa shape index (κ3) is 5.87. The molecular formula is C24H33N3O4. The van der Waals surface area contributed by atoms with Gasteiger partial charge in [-0.25, -0.2) is 0 Å². The second-order valence-electron chi connectivity index (χ2n) is 8.68. The summed E-state index contributed by atoms with van der Waals surface area (Å²) in [6.07, 6.45) is 12.2. The lowest BCUT2D eigenvalue weighted by molar-refractivity contribution is 0.0928. The van der Waals surface area contributed by atoms with E-state index in [1.165, 1.54) is 31.7 Å². The van der Waals surface area contributed by atoms with Crippen LogP contribution in [-0.4, -0.2) is 22.4 Å². The number of nitrogens with one attached hydrogen (secondary N) is 2. The maximum Gasteiger partial charge on any atom is 0.257 e. The second-order valence-corrected chi connectivity index (χ2v) is 8.68. The lowest BCUT2D eigenvalue weighted by Crippen LogP contribution is -2.40. The zero-order chi connectivity index (χ0) is 22.4. The number of carbonyl (C=O) groups is 2. The van der Waals surface area contributed by atoms with E-state index in [1.54, 1.807) is 29.8 Å². The summed E-state index contributed by atoms with van der Waals surface area (Å²) in [6, 6.07) is 3.15. The zero-order valence-corrected chi connectivity index (χ0v) is 18.6. The molecule has 2 amide bonds. The van der Waals surface area contributed by atoms with E-state index < -0.39 is 23.3 Å². The quantitative estimate of drug-likeness (QED) is 0.716. The summed E-state index contributed by atoms with van der Waals surface area (Å²) in [5, 5.41) is 5.83. The Morgan fingerprint density at radius 1 is 1.00 bits per heavy atom. The molecule has 2 heterocycles. The van der Waals surface area contributed by atoms with Crippen LogP contribution in [0.25, 0.3) is 0 Å². The molecule has 31 heavy (non-hydrogen) atoms. The van der Waals surface area contributed by atoms with Gasteiger partial charge in [0.15, 0.2) is 0 Å². The number of hydrogen-bond acceptors (Lipinski definition) is 4. The van der Waals surface area contributed by atoms with Gasteiger partial charge in [0.05, 0.1) is 12.3 Å². The Kier molecular flexibility index (Phi) is 7.71. The predicted octanol–water partition coefficient (Wildman–Crippen LogP) is 4.36. The Bertz CT molecular complexity index is 938. The second kappa shape index (κ2) is 10.5. The van der Waals surface area contributed by atoms with Crippen LogP contribution in [0.15, 0.2) is 40.0 Å². The smallest absolute Gasteiger partial charge is 0.257 e.